The van der Waals surface area contributed by atoms with E-state index in [1.54, 1.807) is 23.0 Å². The van der Waals surface area contributed by atoms with E-state index in [9.17, 15) is 14.4 Å². The van der Waals surface area contributed by atoms with Crippen molar-refractivity contribution in [3.63, 3.8) is 0 Å². The Balaban J connectivity index is 1.85. The number of carbonyl (C=O) groups is 3. The maximum Gasteiger partial charge on any atom is 0.313 e. The summed E-state index contributed by atoms with van der Waals surface area (Å²) in [5, 5.41) is 0. The van der Waals surface area contributed by atoms with Gasteiger partial charge in [0.2, 0.25) is 5.91 Å². The number of hydrogen-bond acceptors (Lipinski definition) is 4. The summed E-state index contributed by atoms with van der Waals surface area (Å²) in [7, 11) is 3.56. The molecule has 0 aliphatic carbocycles. The molecular formula is C22H29N5O3. The number of carbonyl (C=O) groups excluding carboxylic acids is 3. The van der Waals surface area contributed by atoms with E-state index in [0.29, 0.717) is 31.7 Å². The van der Waals surface area contributed by atoms with Crippen molar-refractivity contribution in [2.45, 2.75) is 32.4 Å². The van der Waals surface area contributed by atoms with E-state index in [2.05, 4.69) is 4.98 Å². The van der Waals surface area contributed by atoms with Crippen LogP contribution in [0.15, 0.2) is 42.7 Å². The predicted octanol–water partition coefficient (Wildman–Crippen LogP) is 1.59. The number of aryl methyl sites for hydroxylation is 1. The van der Waals surface area contributed by atoms with Crippen molar-refractivity contribution in [1.29, 1.82) is 0 Å². The third-order valence-corrected chi connectivity index (χ3v) is 5.46. The predicted molar refractivity (Wildman–Crippen MR) is 112 cm³/mol. The molecule has 2 aromatic rings. The largest absolute Gasteiger partial charge is 0.337 e. The van der Waals surface area contributed by atoms with Crippen molar-refractivity contribution in [3.05, 3.63) is 54.1 Å². The Labute approximate surface area is 177 Å². The number of imidazole rings is 1. The first-order valence-electron chi connectivity index (χ1n) is 10.3. The van der Waals surface area contributed by atoms with Crippen LogP contribution in [-0.2, 0) is 28.0 Å². The Bertz CT molecular complexity index is 895. The molecule has 0 N–H and O–H groups in total. The van der Waals surface area contributed by atoms with Crippen molar-refractivity contribution in [3.8, 4) is 0 Å². The minimum atomic E-state index is -0.846. The summed E-state index contributed by atoms with van der Waals surface area (Å²) in [6.07, 6.45) is 5.30. The highest BCUT2D eigenvalue weighted by Gasteiger charge is 2.40. The molecule has 0 saturated carbocycles. The second-order valence-corrected chi connectivity index (χ2v) is 7.61. The van der Waals surface area contributed by atoms with Crippen LogP contribution in [0.2, 0.25) is 0 Å². The maximum absolute atomic E-state index is 13.5. The van der Waals surface area contributed by atoms with Crippen LogP contribution in [0.3, 0.4) is 0 Å². The Morgan fingerprint density at radius 1 is 1.17 bits per heavy atom. The van der Waals surface area contributed by atoms with Crippen LogP contribution in [-0.4, -0.2) is 68.7 Å². The molecule has 8 nitrogen and oxygen atoms in total. The summed E-state index contributed by atoms with van der Waals surface area (Å²) in [4.78, 5) is 47.9. The van der Waals surface area contributed by atoms with Gasteiger partial charge in [0.05, 0.1) is 6.54 Å². The molecule has 0 bridgehead atoms. The fourth-order valence-electron chi connectivity index (χ4n) is 3.64. The van der Waals surface area contributed by atoms with Crippen molar-refractivity contribution in [1.82, 2.24) is 24.3 Å². The lowest BCUT2D eigenvalue weighted by Gasteiger charge is -2.39. The molecule has 1 saturated heterocycles. The van der Waals surface area contributed by atoms with Crippen molar-refractivity contribution in [2.75, 3.05) is 26.7 Å². The highest BCUT2D eigenvalue weighted by molar-refractivity contribution is 6.35. The Morgan fingerprint density at radius 3 is 2.53 bits per heavy atom. The summed E-state index contributed by atoms with van der Waals surface area (Å²) in [6, 6.07) is 8.31. The standard InChI is InChI=1S/C22H29N5O3/c1-4-5-12-26-14-15-27(22(30)21(26)29)19(17-9-7-6-8-10-17)20(28)25(3)16-18-23-11-13-24(18)2/h6-11,13,19H,4-5,12,14-16H2,1-3H3/t19-/m1/s1. The van der Waals surface area contributed by atoms with E-state index < -0.39 is 17.9 Å². The Morgan fingerprint density at radius 2 is 1.90 bits per heavy atom. The molecule has 30 heavy (non-hydrogen) atoms. The summed E-state index contributed by atoms with van der Waals surface area (Å²) in [6.45, 7) is 3.69. The van der Waals surface area contributed by atoms with Crippen molar-refractivity contribution in [2.24, 2.45) is 7.05 Å². The molecule has 0 radical (unpaired) electrons. The van der Waals surface area contributed by atoms with Crippen LogP contribution in [0, 0.1) is 0 Å². The van der Waals surface area contributed by atoms with E-state index >= 15 is 0 Å². The SMILES string of the molecule is CCCCN1CCN([C@@H](C(=O)N(C)Cc2nccn2C)c2ccccc2)C(=O)C1=O. The number of amides is 3. The van der Waals surface area contributed by atoms with Gasteiger partial charge in [0, 0.05) is 46.1 Å². The van der Waals surface area contributed by atoms with Gasteiger partial charge >= 0.3 is 11.8 Å². The van der Waals surface area contributed by atoms with Gasteiger partial charge in [-0.25, -0.2) is 4.98 Å². The lowest BCUT2D eigenvalue weighted by Crippen LogP contribution is -2.57. The Kier molecular flexibility index (Phi) is 6.87. The molecule has 2 heterocycles. The number of piperazine rings is 1. The second-order valence-electron chi connectivity index (χ2n) is 7.61. The molecule has 3 amide bonds. The van der Waals surface area contributed by atoms with Crippen molar-refractivity contribution < 1.29 is 14.4 Å². The first-order valence-corrected chi connectivity index (χ1v) is 10.3. The summed E-state index contributed by atoms with van der Waals surface area (Å²) >= 11 is 0. The lowest BCUT2D eigenvalue weighted by atomic mass is 10.0. The van der Waals surface area contributed by atoms with E-state index in [-0.39, 0.29) is 5.91 Å². The number of unbranched alkanes of at least 4 members (excludes halogenated alkanes) is 1. The number of benzene rings is 1. The number of hydrogen-bond donors (Lipinski definition) is 0. The molecule has 160 valence electrons. The van der Waals surface area contributed by atoms with Gasteiger partial charge in [-0.15, -0.1) is 0 Å². The number of nitrogens with zero attached hydrogens (tertiary/aromatic N) is 5. The number of aromatic nitrogens is 2. The van der Waals surface area contributed by atoms with Crippen LogP contribution in [0.1, 0.15) is 37.2 Å². The zero-order valence-electron chi connectivity index (χ0n) is 17.8. The minimum absolute atomic E-state index is 0.243. The first kappa shape index (κ1) is 21.5. The number of likely N-dealkylation sites (N-methyl/N-ethyl adjacent to an activating group) is 1. The van der Waals surface area contributed by atoms with Gasteiger partial charge in [-0.05, 0) is 12.0 Å². The molecule has 1 aliphatic rings. The Hall–Kier alpha value is -3.16. The lowest BCUT2D eigenvalue weighted by molar-refractivity contribution is -0.161. The highest BCUT2D eigenvalue weighted by atomic mass is 16.2. The molecule has 1 fully saturated rings. The fraction of sp³-hybridized carbons (Fsp3) is 0.455. The fourth-order valence-corrected chi connectivity index (χ4v) is 3.64. The minimum Gasteiger partial charge on any atom is -0.337 e. The third-order valence-electron chi connectivity index (χ3n) is 5.46. The molecule has 1 aliphatic heterocycles. The molecular weight excluding hydrogens is 382 g/mol. The molecule has 1 aromatic carbocycles. The topological polar surface area (TPSA) is 78.8 Å². The van der Waals surface area contributed by atoms with Crippen LogP contribution < -0.4 is 0 Å². The van der Waals surface area contributed by atoms with Gasteiger partial charge in [-0.2, -0.15) is 0 Å². The summed E-state index contributed by atoms with van der Waals surface area (Å²) in [5.74, 6) is -0.656. The summed E-state index contributed by atoms with van der Waals surface area (Å²) < 4.78 is 1.85. The van der Waals surface area contributed by atoms with Crippen LogP contribution in [0.25, 0.3) is 0 Å². The van der Waals surface area contributed by atoms with Gasteiger partial charge in [0.25, 0.3) is 0 Å². The zero-order chi connectivity index (χ0) is 21.7. The normalized spacial score (nSPS) is 15.4. The zero-order valence-corrected chi connectivity index (χ0v) is 17.8. The van der Waals surface area contributed by atoms with Gasteiger partial charge in [0.15, 0.2) is 0 Å². The molecule has 8 heteroatoms. The molecule has 1 atom stereocenters. The van der Waals surface area contributed by atoms with Crippen LogP contribution in [0.5, 0.6) is 0 Å². The van der Waals surface area contributed by atoms with E-state index in [1.807, 2.05) is 55.1 Å². The first-order chi connectivity index (χ1) is 14.4. The summed E-state index contributed by atoms with van der Waals surface area (Å²) in [5.41, 5.74) is 0.692. The van der Waals surface area contributed by atoms with Gasteiger partial charge in [-0.3, -0.25) is 14.4 Å². The smallest absolute Gasteiger partial charge is 0.313 e. The quantitative estimate of drug-likeness (QED) is 0.618. The molecule has 1 aromatic heterocycles. The molecule has 0 unspecified atom stereocenters. The molecule has 0 spiro atoms. The van der Waals surface area contributed by atoms with E-state index in [1.165, 1.54) is 4.90 Å². The molecule has 3 rings (SSSR count). The van der Waals surface area contributed by atoms with E-state index in [4.69, 9.17) is 0 Å². The van der Waals surface area contributed by atoms with Gasteiger partial charge in [0.1, 0.15) is 11.9 Å². The average molecular weight is 412 g/mol. The van der Waals surface area contributed by atoms with Crippen LogP contribution in [0.4, 0.5) is 0 Å². The average Bonchev–Trinajstić information content (AvgIpc) is 3.15. The van der Waals surface area contributed by atoms with Crippen LogP contribution >= 0.6 is 0 Å². The van der Waals surface area contributed by atoms with E-state index in [0.717, 1.165) is 18.7 Å². The second kappa shape index (κ2) is 9.56. The van der Waals surface area contributed by atoms with Crippen molar-refractivity contribution >= 4 is 17.7 Å². The third kappa shape index (κ3) is 4.53. The monoisotopic (exact) mass is 411 g/mol. The maximum atomic E-state index is 13.5. The highest BCUT2D eigenvalue weighted by Crippen LogP contribution is 2.26. The number of rotatable bonds is 8. The van der Waals surface area contributed by atoms with Gasteiger partial charge in [-0.1, -0.05) is 43.7 Å². The van der Waals surface area contributed by atoms with Gasteiger partial charge < -0.3 is 19.3 Å².